The predicted molar refractivity (Wildman–Crippen MR) is 67.3 cm³/mol. The van der Waals surface area contributed by atoms with E-state index in [2.05, 4.69) is 20.6 Å². The molecule has 1 amide bonds. The summed E-state index contributed by atoms with van der Waals surface area (Å²) in [4.78, 5) is 30.5. The molecule has 0 spiro atoms. The molecule has 19 heavy (non-hydrogen) atoms. The van der Waals surface area contributed by atoms with Gasteiger partial charge in [0.05, 0.1) is 19.5 Å². The molecule has 1 aliphatic rings. The molecule has 1 fully saturated rings. The summed E-state index contributed by atoms with van der Waals surface area (Å²) < 4.78 is 4.72. The number of nitrogens with one attached hydrogen (secondary N) is 3. The molecular formula is C12H18N4O3. The molecule has 104 valence electrons. The number of amides is 1. The maximum absolute atomic E-state index is 12.0. The zero-order valence-corrected chi connectivity index (χ0v) is 10.8. The maximum Gasteiger partial charge on any atom is 0.328 e. The van der Waals surface area contributed by atoms with Crippen LogP contribution in [0.25, 0.3) is 0 Å². The van der Waals surface area contributed by atoms with Crippen molar-refractivity contribution >= 4 is 11.9 Å². The third kappa shape index (κ3) is 3.54. The number of hydrogen-bond acceptors (Lipinski definition) is 5. The minimum atomic E-state index is -0.694. The van der Waals surface area contributed by atoms with Crippen LogP contribution in [0.5, 0.6) is 0 Å². The summed E-state index contributed by atoms with van der Waals surface area (Å²) in [5.74, 6) is -0.617. The monoisotopic (exact) mass is 266 g/mol. The molecule has 0 bridgehead atoms. The van der Waals surface area contributed by atoms with Crippen LogP contribution in [0.15, 0.2) is 12.5 Å². The van der Waals surface area contributed by atoms with E-state index in [0.29, 0.717) is 6.42 Å². The fraction of sp³-hybridized carbons (Fsp3) is 0.583. The van der Waals surface area contributed by atoms with E-state index in [1.54, 1.807) is 6.20 Å². The van der Waals surface area contributed by atoms with Gasteiger partial charge in [0.2, 0.25) is 5.91 Å². The molecule has 2 rings (SSSR count). The number of methoxy groups -OCH3 is 1. The molecular weight excluding hydrogens is 248 g/mol. The summed E-state index contributed by atoms with van der Waals surface area (Å²) in [6.45, 7) is 0.835. The van der Waals surface area contributed by atoms with Gasteiger partial charge in [-0.1, -0.05) is 0 Å². The van der Waals surface area contributed by atoms with Gasteiger partial charge in [-0.25, -0.2) is 9.78 Å². The molecule has 0 saturated carbocycles. The number of ether oxygens (including phenoxy) is 1. The number of aromatic amines is 1. The second-order valence-electron chi connectivity index (χ2n) is 4.51. The highest BCUT2D eigenvalue weighted by Gasteiger charge is 2.28. The van der Waals surface area contributed by atoms with Crippen LogP contribution >= 0.6 is 0 Å². The Kier molecular flexibility index (Phi) is 4.51. The fourth-order valence-electron chi connectivity index (χ4n) is 2.13. The third-order valence-corrected chi connectivity index (χ3v) is 3.16. The number of hydrogen-bond donors (Lipinski definition) is 3. The van der Waals surface area contributed by atoms with Gasteiger partial charge < -0.3 is 20.4 Å². The van der Waals surface area contributed by atoms with Crippen LogP contribution in [0.3, 0.4) is 0 Å². The Morgan fingerprint density at radius 3 is 3.05 bits per heavy atom. The van der Waals surface area contributed by atoms with Gasteiger partial charge in [0.1, 0.15) is 6.04 Å². The van der Waals surface area contributed by atoms with E-state index in [1.807, 2.05) is 0 Å². The van der Waals surface area contributed by atoms with Crippen LogP contribution < -0.4 is 10.6 Å². The lowest BCUT2D eigenvalue weighted by Crippen LogP contribution is -2.49. The average molecular weight is 266 g/mol. The van der Waals surface area contributed by atoms with Gasteiger partial charge in [0.15, 0.2) is 0 Å². The van der Waals surface area contributed by atoms with Crippen molar-refractivity contribution < 1.29 is 14.3 Å². The van der Waals surface area contributed by atoms with Gasteiger partial charge in [-0.05, 0) is 19.4 Å². The summed E-state index contributed by atoms with van der Waals surface area (Å²) in [5, 5.41) is 5.82. The number of esters is 1. The first-order valence-electron chi connectivity index (χ1n) is 6.29. The number of rotatable bonds is 5. The first kappa shape index (κ1) is 13.5. The Balaban J connectivity index is 1.97. The molecule has 0 radical (unpaired) electrons. The Labute approximate surface area is 111 Å². The smallest absolute Gasteiger partial charge is 0.328 e. The molecule has 0 unspecified atom stereocenters. The lowest BCUT2D eigenvalue weighted by molar-refractivity contribution is -0.145. The van der Waals surface area contributed by atoms with Crippen molar-refractivity contribution in [2.75, 3.05) is 13.7 Å². The molecule has 1 aromatic rings. The fourth-order valence-corrected chi connectivity index (χ4v) is 2.13. The van der Waals surface area contributed by atoms with Crippen molar-refractivity contribution in [3.05, 3.63) is 18.2 Å². The first-order valence-corrected chi connectivity index (χ1v) is 6.29. The van der Waals surface area contributed by atoms with E-state index in [-0.39, 0.29) is 11.9 Å². The Hall–Kier alpha value is -1.89. The SMILES string of the molecule is COC(=O)[C@H](Cc1cnc[nH]1)NC(=O)[C@@H]1CCCN1. The van der Waals surface area contributed by atoms with Crippen molar-refractivity contribution in [2.24, 2.45) is 0 Å². The van der Waals surface area contributed by atoms with Crippen molar-refractivity contribution in [1.29, 1.82) is 0 Å². The van der Waals surface area contributed by atoms with E-state index in [0.717, 1.165) is 25.1 Å². The quantitative estimate of drug-likeness (QED) is 0.616. The van der Waals surface area contributed by atoms with Crippen LogP contribution in [0.4, 0.5) is 0 Å². The van der Waals surface area contributed by atoms with Crippen molar-refractivity contribution in [3.8, 4) is 0 Å². The van der Waals surface area contributed by atoms with E-state index in [9.17, 15) is 9.59 Å². The summed E-state index contributed by atoms with van der Waals surface area (Å²) in [7, 11) is 1.31. The number of nitrogens with zero attached hydrogens (tertiary/aromatic N) is 1. The summed E-state index contributed by atoms with van der Waals surface area (Å²) in [6, 6.07) is -0.908. The lowest BCUT2D eigenvalue weighted by Gasteiger charge is -2.18. The van der Waals surface area contributed by atoms with E-state index >= 15 is 0 Å². The highest BCUT2D eigenvalue weighted by molar-refractivity contribution is 5.87. The number of imidazole rings is 1. The second-order valence-corrected chi connectivity index (χ2v) is 4.51. The molecule has 7 nitrogen and oxygen atoms in total. The minimum Gasteiger partial charge on any atom is -0.467 e. The van der Waals surface area contributed by atoms with Gasteiger partial charge in [-0.2, -0.15) is 0 Å². The summed E-state index contributed by atoms with van der Waals surface area (Å²) >= 11 is 0. The molecule has 3 N–H and O–H groups in total. The number of H-pyrrole nitrogens is 1. The van der Waals surface area contributed by atoms with Gasteiger partial charge in [0.25, 0.3) is 0 Å². The molecule has 1 saturated heterocycles. The number of aromatic nitrogens is 2. The highest BCUT2D eigenvalue weighted by Crippen LogP contribution is 2.07. The summed E-state index contributed by atoms with van der Waals surface area (Å²) in [6.07, 6.45) is 5.26. The molecule has 2 heterocycles. The van der Waals surface area contributed by atoms with Crippen molar-refractivity contribution in [1.82, 2.24) is 20.6 Å². The lowest BCUT2D eigenvalue weighted by atomic mass is 10.1. The minimum absolute atomic E-state index is 0.160. The molecule has 1 aromatic heterocycles. The zero-order chi connectivity index (χ0) is 13.7. The maximum atomic E-state index is 12.0. The number of carbonyl (C=O) groups is 2. The normalized spacial score (nSPS) is 19.9. The standard InChI is InChI=1S/C12H18N4O3/c1-19-12(18)10(5-8-6-13-7-15-8)16-11(17)9-3-2-4-14-9/h6-7,9-10,14H,2-5H2,1H3,(H,13,15)(H,16,17)/t9-,10-/m0/s1. The van der Waals surface area contributed by atoms with E-state index in [1.165, 1.54) is 13.4 Å². The molecule has 2 atom stereocenters. The van der Waals surface area contributed by atoms with Crippen LogP contribution in [-0.2, 0) is 20.7 Å². The van der Waals surface area contributed by atoms with E-state index in [4.69, 9.17) is 4.74 Å². The Bertz CT molecular complexity index is 426. The van der Waals surface area contributed by atoms with Gasteiger partial charge in [-0.15, -0.1) is 0 Å². The second kappa shape index (κ2) is 6.33. The van der Waals surface area contributed by atoms with Crippen LogP contribution in [0, 0.1) is 0 Å². The van der Waals surface area contributed by atoms with Crippen LogP contribution in [0.1, 0.15) is 18.5 Å². The predicted octanol–water partition coefficient (Wildman–Crippen LogP) is -0.638. The van der Waals surface area contributed by atoms with Gasteiger partial charge >= 0.3 is 5.97 Å². The Morgan fingerprint density at radius 1 is 1.63 bits per heavy atom. The topological polar surface area (TPSA) is 96.1 Å². The van der Waals surface area contributed by atoms with E-state index < -0.39 is 12.0 Å². The molecule has 1 aliphatic heterocycles. The first-order chi connectivity index (χ1) is 9.20. The third-order valence-electron chi connectivity index (χ3n) is 3.16. The van der Waals surface area contributed by atoms with Crippen molar-refractivity contribution in [3.63, 3.8) is 0 Å². The molecule has 7 heteroatoms. The van der Waals surface area contributed by atoms with Crippen LogP contribution in [0.2, 0.25) is 0 Å². The molecule has 0 aromatic carbocycles. The van der Waals surface area contributed by atoms with Crippen molar-refractivity contribution in [2.45, 2.75) is 31.3 Å². The average Bonchev–Trinajstić information content (AvgIpc) is 3.09. The number of carbonyl (C=O) groups excluding carboxylic acids is 2. The van der Waals surface area contributed by atoms with Gasteiger partial charge in [-0.3, -0.25) is 4.79 Å². The molecule has 0 aliphatic carbocycles. The highest BCUT2D eigenvalue weighted by atomic mass is 16.5. The van der Waals surface area contributed by atoms with Gasteiger partial charge in [0, 0.05) is 18.3 Å². The Morgan fingerprint density at radius 2 is 2.47 bits per heavy atom. The summed E-state index contributed by atoms with van der Waals surface area (Å²) in [5.41, 5.74) is 0.773. The largest absolute Gasteiger partial charge is 0.467 e. The zero-order valence-electron chi connectivity index (χ0n) is 10.8. The van der Waals surface area contributed by atoms with Crippen LogP contribution in [-0.4, -0.2) is 47.6 Å².